The van der Waals surface area contributed by atoms with Gasteiger partial charge in [-0.25, -0.2) is 10.5 Å². The van der Waals surface area contributed by atoms with Crippen molar-refractivity contribution >= 4 is 0 Å². The van der Waals surface area contributed by atoms with E-state index >= 15 is 0 Å². The van der Waals surface area contributed by atoms with Crippen molar-refractivity contribution in [2.24, 2.45) is 0 Å². The topological polar surface area (TPSA) is 391 Å². The summed E-state index contributed by atoms with van der Waals surface area (Å²) in [5.74, 6) is 0. The first kappa shape index (κ1) is 38.4. The lowest BCUT2D eigenvalue weighted by Crippen LogP contribution is -2.06. The van der Waals surface area contributed by atoms with Crippen LogP contribution in [-0.2, 0) is 191 Å². The van der Waals surface area contributed by atoms with Crippen LogP contribution in [-0.4, -0.2) is 10.5 Å². The molecular weight excluding hydrogens is 640 g/mol. The van der Waals surface area contributed by atoms with Gasteiger partial charge in [0.25, 0.3) is 0 Å². The van der Waals surface area contributed by atoms with Crippen molar-refractivity contribution < 1.29 is 202 Å². The summed E-state index contributed by atoms with van der Waals surface area (Å²) < 4.78 is 0. The predicted octanol–water partition coefficient (Wildman–Crippen LogP) is -2.58. The van der Waals surface area contributed by atoms with Crippen molar-refractivity contribution in [3.05, 3.63) is 0 Å². The molecule has 0 aliphatic carbocycles. The lowest BCUT2D eigenvalue weighted by molar-refractivity contribution is -0.908. The van der Waals surface area contributed by atoms with E-state index in [0.717, 1.165) is 0 Å². The van der Waals surface area contributed by atoms with Crippen LogP contribution in [0.25, 0.3) is 0 Å². The highest BCUT2D eigenvalue weighted by atomic mass is 18.0. The Balaban J connectivity index is 3.01. The standard InChI is InChI=1S/H2O40/c1-3-5-7-9-11-13-15-17-19-21-23-25-27-29-31-33-35-37-39-40-38-36-34-32-30-28-26-24-22-20-18-16-14-12-10-8-6-4-2/h1-2H. The van der Waals surface area contributed by atoms with E-state index in [0.29, 0.717) is 0 Å². The maximum atomic E-state index is 7.55. The Morgan fingerprint density at radius 2 is 0.200 bits per heavy atom. The predicted molar refractivity (Wildman–Crippen MR) is 46.5 cm³/mol. The van der Waals surface area contributed by atoms with Gasteiger partial charge in [-0.15, -0.1) is 0 Å². The lowest BCUT2D eigenvalue weighted by atomic mass is 14.0. The van der Waals surface area contributed by atoms with Gasteiger partial charge in [-0.1, -0.05) is 0 Å². The van der Waals surface area contributed by atoms with E-state index in [4.69, 9.17) is 10.5 Å². The zero-order valence-electron chi connectivity index (χ0n) is 16.4. The van der Waals surface area contributed by atoms with Crippen molar-refractivity contribution in [1.82, 2.24) is 0 Å². The fraction of sp³-hybridized carbons (Fsp3) is 0. The summed E-state index contributed by atoms with van der Waals surface area (Å²) in [5.41, 5.74) is 0. The first-order chi connectivity index (χ1) is 19.9. The Morgan fingerprint density at radius 1 is 0.125 bits per heavy atom. The molecule has 0 unspecified atom stereocenters. The molecule has 0 spiro atoms. The minimum Gasteiger partial charge on any atom is -0.219 e. The molecule has 40 heavy (non-hydrogen) atoms. The zero-order chi connectivity index (χ0) is 28.9. The van der Waals surface area contributed by atoms with Crippen LogP contribution in [0.1, 0.15) is 0 Å². The molecule has 0 fully saturated rings. The van der Waals surface area contributed by atoms with Gasteiger partial charge in [0.2, 0.25) is 0 Å². The largest absolute Gasteiger partial charge is 0.219 e. The lowest BCUT2D eigenvalue weighted by Gasteiger charge is -1.99. The molecule has 0 saturated heterocycles. The first-order valence-electron chi connectivity index (χ1n) is 6.53. The van der Waals surface area contributed by atoms with Gasteiger partial charge in [0.05, 0.1) is 0 Å². The van der Waals surface area contributed by atoms with Crippen LogP contribution < -0.4 is 0 Å². The molecule has 0 aromatic rings. The minimum atomic E-state index is 2.87. The maximum Gasteiger partial charge on any atom is 0 e. The molecule has 0 aromatic heterocycles. The fourth-order valence-electron chi connectivity index (χ4n) is 0.410. The van der Waals surface area contributed by atoms with Gasteiger partial charge in [-0.2, -0.15) is 0 Å². The molecule has 2 N–H and O–H groups in total. The molecule has 0 atom stereocenters. The van der Waals surface area contributed by atoms with E-state index < -0.39 is 0 Å². The van der Waals surface area contributed by atoms with Crippen molar-refractivity contribution in [1.29, 1.82) is 0 Å². The van der Waals surface area contributed by atoms with Crippen molar-refractivity contribution in [2.45, 2.75) is 0 Å². The van der Waals surface area contributed by atoms with Crippen LogP contribution in [0.15, 0.2) is 0 Å². The van der Waals surface area contributed by atoms with Gasteiger partial charge < -0.3 is 0 Å². The Labute approximate surface area is 204 Å². The number of rotatable bonds is 37. The van der Waals surface area contributed by atoms with E-state index in [1.807, 2.05) is 0 Å². The van der Waals surface area contributed by atoms with Crippen molar-refractivity contribution in [3.8, 4) is 0 Å². The average Bonchev–Trinajstić information content (AvgIpc) is 2.97. The van der Waals surface area contributed by atoms with Crippen LogP contribution >= 0.6 is 0 Å². The second-order valence-electron chi connectivity index (χ2n) is 2.60. The normalized spacial score (nSPS) is 11.6. The molecule has 0 aromatic carbocycles. The third-order valence-corrected chi connectivity index (χ3v) is 1.03. The van der Waals surface area contributed by atoms with E-state index in [-0.39, 0.29) is 0 Å². The van der Waals surface area contributed by atoms with Gasteiger partial charge in [-0.3, -0.25) is 0 Å². The molecule has 0 aliphatic rings. The van der Waals surface area contributed by atoms with Gasteiger partial charge in [-0.05, 0) is 80.6 Å². The molecule has 0 amide bonds. The number of hydrogen-bond acceptors (Lipinski definition) is 40. The van der Waals surface area contributed by atoms with E-state index in [1.54, 1.807) is 0 Å². The van der Waals surface area contributed by atoms with E-state index in [2.05, 4.69) is 191 Å². The summed E-state index contributed by atoms with van der Waals surface area (Å²) >= 11 is 0. The fourth-order valence-corrected chi connectivity index (χ4v) is 0.410. The highest BCUT2D eigenvalue weighted by Gasteiger charge is 2.03. The highest BCUT2D eigenvalue weighted by molar-refractivity contribution is 3.11. The highest BCUT2D eigenvalue weighted by Crippen LogP contribution is 1.96. The monoisotopic (exact) mass is 642 g/mol. The van der Waals surface area contributed by atoms with Crippen LogP contribution in [0.3, 0.4) is 0 Å². The van der Waals surface area contributed by atoms with Crippen molar-refractivity contribution in [2.75, 3.05) is 0 Å². The molecule has 0 radical (unpaired) electrons. The van der Waals surface area contributed by atoms with E-state index in [9.17, 15) is 0 Å². The molecule has 40 heteroatoms. The van der Waals surface area contributed by atoms with Gasteiger partial charge in [0.1, 0.15) is 0 Å². The molecule has 242 valence electrons. The zero-order valence-corrected chi connectivity index (χ0v) is 16.4. The minimum absolute atomic E-state index is 2.87. The summed E-state index contributed by atoms with van der Waals surface area (Å²) in [6.45, 7) is 0. The molecule has 0 saturated carbocycles. The van der Waals surface area contributed by atoms with Crippen LogP contribution in [0.5, 0.6) is 0 Å². The number of hydrogen-bond donors (Lipinski definition) is 2. The second-order valence-corrected chi connectivity index (χ2v) is 2.60. The quantitative estimate of drug-likeness (QED) is 0.0399. The van der Waals surface area contributed by atoms with Gasteiger partial charge in [0, 0.05) is 111 Å². The summed E-state index contributed by atoms with van der Waals surface area (Å²) in [5, 5.41) is 145. The van der Waals surface area contributed by atoms with Crippen LogP contribution in [0.4, 0.5) is 0 Å². The van der Waals surface area contributed by atoms with Crippen LogP contribution in [0.2, 0.25) is 0 Å². The van der Waals surface area contributed by atoms with Gasteiger partial charge in [0.15, 0.2) is 0 Å². The third-order valence-electron chi connectivity index (χ3n) is 1.03. The third kappa shape index (κ3) is 36.4. The first-order valence-corrected chi connectivity index (χ1v) is 6.53. The van der Waals surface area contributed by atoms with E-state index in [1.165, 1.54) is 0 Å². The average molecular weight is 642 g/mol. The summed E-state index contributed by atoms with van der Waals surface area (Å²) in [4.78, 5) is 0. The summed E-state index contributed by atoms with van der Waals surface area (Å²) in [7, 11) is 0. The molecule has 0 heterocycles. The Hall–Kier alpha value is -1.60. The maximum absolute atomic E-state index is 7.55. The summed E-state index contributed by atoms with van der Waals surface area (Å²) in [6, 6.07) is 0. The molecular formula is H2O40. The smallest absolute Gasteiger partial charge is 0 e. The molecule has 0 bridgehead atoms. The Bertz CT molecular complexity index is 361. The van der Waals surface area contributed by atoms with Crippen molar-refractivity contribution in [3.63, 3.8) is 0 Å². The molecule has 0 rings (SSSR count). The summed E-state index contributed by atoms with van der Waals surface area (Å²) in [6.07, 6.45) is 0. The molecule has 0 aliphatic heterocycles. The Morgan fingerprint density at radius 3 is 0.275 bits per heavy atom. The second kappa shape index (κ2) is 37.4. The Kier molecular flexibility index (Phi) is 35.9. The SMILES string of the molecule is OOOOOOOOOOOOOOOOOOOOOOOOOOOOOOOOOOOOOOOO. The van der Waals surface area contributed by atoms with Crippen LogP contribution in [0, 0.1) is 0 Å². The van der Waals surface area contributed by atoms with Gasteiger partial charge >= 0.3 is 0 Å². The molecule has 40 nitrogen and oxygen atoms in total.